The van der Waals surface area contributed by atoms with Crippen molar-refractivity contribution >= 4 is 41.7 Å². The molecule has 2 unspecified atom stereocenters. The van der Waals surface area contributed by atoms with Crippen LogP contribution in [0.4, 0.5) is 0 Å². The number of aryl methyl sites for hydroxylation is 1. The van der Waals surface area contributed by atoms with E-state index in [2.05, 4.69) is 39.9 Å². The lowest BCUT2D eigenvalue weighted by Crippen LogP contribution is -2.46. The Labute approximate surface area is 161 Å². The number of thioether (sulfide) groups is 1. The molecule has 0 aromatic carbocycles. The number of aliphatic imine (C=N–C) groups is 1. The fourth-order valence-corrected chi connectivity index (χ4v) is 3.80. The molecule has 2 atom stereocenters. The van der Waals surface area contributed by atoms with Crippen molar-refractivity contribution in [1.29, 1.82) is 0 Å². The Hall–Kier alpha value is -0.500. The van der Waals surface area contributed by atoms with Gasteiger partial charge in [-0.2, -0.15) is 11.8 Å². The molecule has 1 heterocycles. The summed E-state index contributed by atoms with van der Waals surface area (Å²) in [6.07, 6.45) is 12.2. The van der Waals surface area contributed by atoms with Gasteiger partial charge < -0.3 is 10.6 Å². The zero-order valence-corrected chi connectivity index (χ0v) is 17.5. The molecule has 1 aliphatic rings. The number of hydrogen-bond acceptors (Lipinski definition) is 3. The van der Waals surface area contributed by atoms with Gasteiger partial charge in [0, 0.05) is 37.3 Å². The first-order chi connectivity index (χ1) is 10.7. The smallest absolute Gasteiger partial charge is 0.191 e. The van der Waals surface area contributed by atoms with E-state index in [1.807, 2.05) is 31.2 Å². The number of nitrogens with zero attached hydrogens (tertiary/aromatic N) is 2. The van der Waals surface area contributed by atoms with E-state index in [0.717, 1.165) is 24.2 Å². The molecule has 130 valence electrons. The Morgan fingerprint density at radius 2 is 2.26 bits per heavy atom. The van der Waals surface area contributed by atoms with Crippen LogP contribution < -0.4 is 10.6 Å². The van der Waals surface area contributed by atoms with Crippen LogP contribution in [0.3, 0.4) is 0 Å². The fourth-order valence-electron chi connectivity index (χ4n) is 2.98. The Balaban J connectivity index is 0.00000264. The molecule has 1 aromatic rings. The highest BCUT2D eigenvalue weighted by Crippen LogP contribution is 2.26. The standard InChI is InChI=1S/C17H28N4S.HI/c1-13-12-19-9-7-14(13)8-10-20-17(18-2)21-15-5-4-6-16(11-15)22-3;/h7,9,12,15-16H,4-6,8,10-11H2,1-3H3,(H2,18,20,21);1H. The molecule has 6 heteroatoms. The van der Waals surface area contributed by atoms with Gasteiger partial charge in [-0.15, -0.1) is 24.0 Å². The first-order valence-electron chi connectivity index (χ1n) is 8.12. The Kier molecular flexibility index (Phi) is 9.94. The van der Waals surface area contributed by atoms with E-state index in [1.54, 1.807) is 0 Å². The van der Waals surface area contributed by atoms with Crippen molar-refractivity contribution < 1.29 is 0 Å². The summed E-state index contributed by atoms with van der Waals surface area (Å²) in [7, 11) is 1.85. The van der Waals surface area contributed by atoms with Crippen LogP contribution in [0.15, 0.2) is 23.5 Å². The van der Waals surface area contributed by atoms with Gasteiger partial charge in [-0.3, -0.25) is 9.98 Å². The highest BCUT2D eigenvalue weighted by Gasteiger charge is 2.21. The van der Waals surface area contributed by atoms with Crippen LogP contribution in [0.25, 0.3) is 0 Å². The van der Waals surface area contributed by atoms with E-state index in [1.165, 1.54) is 36.8 Å². The lowest BCUT2D eigenvalue weighted by molar-refractivity contribution is 0.419. The highest BCUT2D eigenvalue weighted by molar-refractivity contribution is 14.0. The topological polar surface area (TPSA) is 49.3 Å². The minimum atomic E-state index is 0. The van der Waals surface area contributed by atoms with E-state index in [-0.39, 0.29) is 24.0 Å². The first-order valence-corrected chi connectivity index (χ1v) is 9.41. The van der Waals surface area contributed by atoms with Gasteiger partial charge >= 0.3 is 0 Å². The summed E-state index contributed by atoms with van der Waals surface area (Å²) in [5.74, 6) is 0.929. The van der Waals surface area contributed by atoms with Crippen molar-refractivity contribution in [2.24, 2.45) is 4.99 Å². The molecule has 0 radical (unpaired) electrons. The molecule has 4 nitrogen and oxygen atoms in total. The van der Waals surface area contributed by atoms with Crippen LogP contribution in [0.2, 0.25) is 0 Å². The van der Waals surface area contributed by atoms with E-state index in [0.29, 0.717) is 6.04 Å². The van der Waals surface area contributed by atoms with Crippen molar-refractivity contribution in [3.8, 4) is 0 Å². The molecule has 1 aromatic heterocycles. The molecular formula is C17H29IN4S. The third kappa shape index (κ3) is 6.87. The highest BCUT2D eigenvalue weighted by atomic mass is 127. The molecule has 2 N–H and O–H groups in total. The molecule has 23 heavy (non-hydrogen) atoms. The Morgan fingerprint density at radius 3 is 2.96 bits per heavy atom. The molecule has 0 bridgehead atoms. The average Bonchev–Trinajstić information content (AvgIpc) is 2.55. The predicted molar refractivity (Wildman–Crippen MR) is 112 cm³/mol. The second kappa shape index (κ2) is 11.1. The lowest BCUT2D eigenvalue weighted by Gasteiger charge is -2.29. The molecule has 1 saturated carbocycles. The first kappa shape index (κ1) is 20.5. The van der Waals surface area contributed by atoms with Gasteiger partial charge in [-0.05, 0) is 56.1 Å². The van der Waals surface area contributed by atoms with Crippen molar-refractivity contribution in [3.63, 3.8) is 0 Å². The van der Waals surface area contributed by atoms with E-state index < -0.39 is 0 Å². The van der Waals surface area contributed by atoms with Crippen LogP contribution in [-0.2, 0) is 6.42 Å². The number of guanidine groups is 1. The third-order valence-electron chi connectivity index (χ3n) is 4.35. The van der Waals surface area contributed by atoms with Crippen LogP contribution in [0.1, 0.15) is 36.8 Å². The zero-order chi connectivity index (χ0) is 15.8. The fraction of sp³-hybridized carbons (Fsp3) is 0.647. The van der Waals surface area contributed by atoms with Crippen molar-refractivity contribution in [1.82, 2.24) is 15.6 Å². The molecule has 0 aliphatic heterocycles. The number of hydrogen-bond donors (Lipinski definition) is 2. The number of nitrogens with one attached hydrogen (secondary N) is 2. The molecule has 2 rings (SSSR count). The van der Waals surface area contributed by atoms with Gasteiger partial charge in [-0.25, -0.2) is 0 Å². The van der Waals surface area contributed by atoms with Gasteiger partial charge in [0.2, 0.25) is 0 Å². The Morgan fingerprint density at radius 1 is 1.43 bits per heavy atom. The van der Waals surface area contributed by atoms with Crippen molar-refractivity contribution in [2.75, 3.05) is 19.8 Å². The maximum Gasteiger partial charge on any atom is 0.191 e. The van der Waals surface area contributed by atoms with Crippen LogP contribution >= 0.6 is 35.7 Å². The summed E-state index contributed by atoms with van der Waals surface area (Å²) < 4.78 is 0. The quantitative estimate of drug-likeness (QED) is 0.412. The molecule has 0 saturated heterocycles. The molecular weight excluding hydrogens is 419 g/mol. The monoisotopic (exact) mass is 448 g/mol. The lowest BCUT2D eigenvalue weighted by atomic mass is 9.95. The van der Waals surface area contributed by atoms with Gasteiger partial charge in [0.1, 0.15) is 0 Å². The van der Waals surface area contributed by atoms with Crippen molar-refractivity contribution in [3.05, 3.63) is 29.6 Å². The number of halogens is 1. The molecule has 0 amide bonds. The van der Waals surface area contributed by atoms with Crippen molar-refractivity contribution in [2.45, 2.75) is 50.3 Å². The maximum atomic E-state index is 4.36. The summed E-state index contributed by atoms with van der Waals surface area (Å²) in [5.41, 5.74) is 2.60. The minimum absolute atomic E-state index is 0. The molecule has 1 fully saturated rings. The normalized spacial score (nSPS) is 21.4. The largest absolute Gasteiger partial charge is 0.356 e. The van der Waals surface area contributed by atoms with Gasteiger partial charge in [-0.1, -0.05) is 6.42 Å². The van der Waals surface area contributed by atoms with Crippen LogP contribution in [0, 0.1) is 6.92 Å². The summed E-state index contributed by atoms with van der Waals surface area (Å²) in [5, 5.41) is 7.82. The SMILES string of the molecule is CN=C(NCCc1ccncc1C)NC1CCCC(SC)C1.I. The second-order valence-corrected chi connectivity index (χ2v) is 7.05. The molecule has 1 aliphatic carbocycles. The van der Waals surface area contributed by atoms with E-state index in [4.69, 9.17) is 0 Å². The summed E-state index contributed by atoms with van der Waals surface area (Å²) in [6, 6.07) is 2.65. The van der Waals surface area contributed by atoms with Crippen LogP contribution in [0.5, 0.6) is 0 Å². The van der Waals surface area contributed by atoms with Gasteiger partial charge in [0.05, 0.1) is 0 Å². The minimum Gasteiger partial charge on any atom is -0.356 e. The predicted octanol–water partition coefficient (Wildman–Crippen LogP) is 3.39. The number of aromatic nitrogens is 1. The van der Waals surface area contributed by atoms with E-state index >= 15 is 0 Å². The Bertz CT molecular complexity index is 495. The third-order valence-corrected chi connectivity index (χ3v) is 5.44. The summed E-state index contributed by atoms with van der Waals surface area (Å²) >= 11 is 1.99. The second-order valence-electron chi connectivity index (χ2n) is 5.92. The van der Waals surface area contributed by atoms with E-state index in [9.17, 15) is 0 Å². The maximum absolute atomic E-state index is 4.36. The van der Waals surface area contributed by atoms with Gasteiger partial charge in [0.15, 0.2) is 5.96 Å². The zero-order valence-electron chi connectivity index (χ0n) is 14.3. The summed E-state index contributed by atoms with van der Waals surface area (Å²) in [6.45, 7) is 3.00. The number of rotatable bonds is 5. The number of pyridine rings is 1. The average molecular weight is 448 g/mol. The summed E-state index contributed by atoms with van der Waals surface area (Å²) in [4.78, 5) is 8.50. The van der Waals surface area contributed by atoms with Gasteiger partial charge in [0.25, 0.3) is 0 Å². The van der Waals surface area contributed by atoms with Crippen LogP contribution in [-0.4, -0.2) is 42.1 Å². The molecule has 0 spiro atoms.